The van der Waals surface area contributed by atoms with Crippen LogP contribution >= 0.6 is 11.8 Å². The van der Waals surface area contributed by atoms with Crippen LogP contribution < -0.4 is 25.4 Å². The van der Waals surface area contributed by atoms with Crippen molar-refractivity contribution < 1.29 is 19.1 Å². The van der Waals surface area contributed by atoms with Crippen molar-refractivity contribution in [1.82, 2.24) is 0 Å². The summed E-state index contributed by atoms with van der Waals surface area (Å²) in [6.07, 6.45) is 0. The van der Waals surface area contributed by atoms with Crippen molar-refractivity contribution in [3.8, 4) is 11.5 Å². The van der Waals surface area contributed by atoms with Crippen molar-refractivity contribution in [3.63, 3.8) is 0 Å². The molecule has 0 aromatic heterocycles. The molecule has 3 N–H and O–H groups in total. The Kier molecular flexibility index (Phi) is 6.81. The summed E-state index contributed by atoms with van der Waals surface area (Å²) in [5.74, 6) is 1.52. The van der Waals surface area contributed by atoms with Crippen molar-refractivity contribution in [2.75, 3.05) is 34.9 Å². The van der Waals surface area contributed by atoms with Gasteiger partial charge < -0.3 is 25.4 Å². The van der Waals surface area contributed by atoms with Crippen LogP contribution in [0, 0.1) is 6.92 Å². The van der Waals surface area contributed by atoms with Crippen LogP contribution in [0.15, 0.2) is 71.6 Å². The number of aryl methyl sites for hydroxylation is 1. The van der Waals surface area contributed by atoms with E-state index in [1.807, 2.05) is 49.4 Å². The summed E-state index contributed by atoms with van der Waals surface area (Å²) in [4.78, 5) is 25.7. The van der Waals surface area contributed by atoms with Gasteiger partial charge in [0.1, 0.15) is 13.2 Å². The van der Waals surface area contributed by atoms with Crippen LogP contribution in [0.1, 0.15) is 5.56 Å². The van der Waals surface area contributed by atoms with E-state index < -0.39 is 0 Å². The van der Waals surface area contributed by atoms with Crippen molar-refractivity contribution >= 4 is 40.8 Å². The second kappa shape index (κ2) is 10.1. The largest absolute Gasteiger partial charge is 0.486 e. The summed E-state index contributed by atoms with van der Waals surface area (Å²) in [5, 5.41) is 8.47. The molecule has 1 aliphatic heterocycles. The highest BCUT2D eigenvalue weighted by Crippen LogP contribution is 2.34. The molecule has 0 unspecified atom stereocenters. The highest BCUT2D eigenvalue weighted by atomic mass is 32.2. The van der Waals surface area contributed by atoms with Crippen LogP contribution in [0.5, 0.6) is 11.5 Å². The Labute approximate surface area is 190 Å². The van der Waals surface area contributed by atoms with Gasteiger partial charge in [-0.15, -0.1) is 11.8 Å². The van der Waals surface area contributed by atoms with E-state index in [2.05, 4.69) is 16.0 Å². The number of rotatable bonds is 6. The van der Waals surface area contributed by atoms with E-state index in [1.165, 1.54) is 11.8 Å². The van der Waals surface area contributed by atoms with Gasteiger partial charge in [-0.25, -0.2) is 4.79 Å². The molecule has 1 aliphatic rings. The lowest BCUT2D eigenvalue weighted by molar-refractivity contribution is -0.113. The lowest BCUT2D eigenvalue weighted by Crippen LogP contribution is -2.20. The first-order valence-electron chi connectivity index (χ1n) is 10.1. The average molecular weight is 450 g/mol. The Morgan fingerprint density at radius 2 is 1.59 bits per heavy atom. The van der Waals surface area contributed by atoms with E-state index in [0.717, 1.165) is 16.2 Å². The van der Waals surface area contributed by atoms with E-state index >= 15 is 0 Å². The number of hydrogen-bond donors (Lipinski definition) is 3. The number of para-hydroxylation sites is 1. The molecule has 0 fully saturated rings. The topological polar surface area (TPSA) is 88.7 Å². The SMILES string of the molecule is Cc1ccc(NC(=O)Nc2ccccc2)cc1NC(=O)CSc1ccc2c(c1)OCCO2. The number of anilines is 3. The molecule has 0 saturated carbocycles. The van der Waals surface area contributed by atoms with Crippen LogP contribution in [0.3, 0.4) is 0 Å². The Hall–Kier alpha value is -3.65. The molecule has 7 nitrogen and oxygen atoms in total. The van der Waals surface area contributed by atoms with Crippen LogP contribution in [-0.2, 0) is 4.79 Å². The second-order valence-corrected chi connectivity index (χ2v) is 8.17. The van der Waals surface area contributed by atoms with Gasteiger partial charge in [0, 0.05) is 22.0 Å². The Bertz CT molecular complexity index is 1120. The van der Waals surface area contributed by atoms with Crippen molar-refractivity contribution in [3.05, 3.63) is 72.3 Å². The predicted molar refractivity (Wildman–Crippen MR) is 127 cm³/mol. The first-order valence-corrected chi connectivity index (χ1v) is 11.1. The van der Waals surface area contributed by atoms with Gasteiger partial charge in [0.25, 0.3) is 0 Å². The molecule has 0 saturated heterocycles. The maximum atomic E-state index is 12.5. The first kappa shape index (κ1) is 21.6. The molecule has 0 aliphatic carbocycles. The lowest BCUT2D eigenvalue weighted by Gasteiger charge is -2.18. The minimum atomic E-state index is -0.355. The number of nitrogens with one attached hydrogen (secondary N) is 3. The lowest BCUT2D eigenvalue weighted by atomic mass is 10.2. The van der Waals surface area contributed by atoms with Gasteiger partial charge in [0.15, 0.2) is 11.5 Å². The third-order valence-electron chi connectivity index (χ3n) is 4.68. The number of urea groups is 1. The molecule has 0 radical (unpaired) electrons. The molecule has 1 heterocycles. The Balaban J connectivity index is 1.33. The average Bonchev–Trinajstić information content (AvgIpc) is 2.80. The highest BCUT2D eigenvalue weighted by Gasteiger charge is 2.13. The fraction of sp³-hybridized carbons (Fsp3) is 0.167. The summed E-state index contributed by atoms with van der Waals surface area (Å²) >= 11 is 1.42. The van der Waals surface area contributed by atoms with E-state index in [9.17, 15) is 9.59 Å². The normalized spacial score (nSPS) is 12.0. The minimum absolute atomic E-state index is 0.140. The number of hydrogen-bond acceptors (Lipinski definition) is 5. The predicted octanol–water partition coefficient (Wildman–Crippen LogP) is 5.14. The molecule has 32 heavy (non-hydrogen) atoms. The number of carbonyl (C=O) groups excluding carboxylic acids is 2. The van der Waals surface area contributed by atoms with Gasteiger partial charge in [-0.1, -0.05) is 24.3 Å². The van der Waals surface area contributed by atoms with Crippen LogP contribution in [0.2, 0.25) is 0 Å². The molecule has 3 aromatic rings. The summed E-state index contributed by atoms with van der Waals surface area (Å²) in [5.41, 5.74) is 2.83. The summed E-state index contributed by atoms with van der Waals surface area (Å²) < 4.78 is 11.1. The van der Waals surface area contributed by atoms with E-state index in [4.69, 9.17) is 9.47 Å². The molecule has 164 valence electrons. The van der Waals surface area contributed by atoms with Crippen LogP contribution in [0.4, 0.5) is 21.9 Å². The van der Waals surface area contributed by atoms with E-state index in [-0.39, 0.29) is 17.7 Å². The maximum absolute atomic E-state index is 12.5. The number of thioether (sulfide) groups is 1. The van der Waals surface area contributed by atoms with Gasteiger partial charge in [-0.2, -0.15) is 0 Å². The monoisotopic (exact) mass is 449 g/mol. The standard InChI is InChI=1S/C24H23N3O4S/c1-16-7-8-18(26-24(29)25-17-5-3-2-4-6-17)13-20(16)27-23(28)15-32-19-9-10-21-22(14-19)31-12-11-30-21/h2-10,13-14H,11-12,15H2,1H3,(H,27,28)(H2,25,26,29). The number of benzene rings is 3. The molecular formula is C24H23N3O4S. The van der Waals surface area contributed by atoms with Crippen LogP contribution in [0.25, 0.3) is 0 Å². The molecule has 0 atom stereocenters. The quantitative estimate of drug-likeness (QED) is 0.454. The summed E-state index contributed by atoms with van der Waals surface area (Å²) in [6, 6.07) is 19.9. The fourth-order valence-corrected chi connectivity index (χ4v) is 3.82. The van der Waals surface area contributed by atoms with Gasteiger partial charge in [-0.3, -0.25) is 4.79 Å². The number of amides is 3. The fourth-order valence-electron chi connectivity index (χ4n) is 3.10. The Morgan fingerprint density at radius 3 is 2.41 bits per heavy atom. The zero-order chi connectivity index (χ0) is 22.3. The van der Waals surface area contributed by atoms with Crippen molar-refractivity contribution in [2.24, 2.45) is 0 Å². The zero-order valence-corrected chi connectivity index (χ0v) is 18.3. The van der Waals surface area contributed by atoms with Gasteiger partial charge >= 0.3 is 6.03 Å². The zero-order valence-electron chi connectivity index (χ0n) is 17.5. The summed E-state index contributed by atoms with van der Waals surface area (Å²) in [7, 11) is 0. The highest BCUT2D eigenvalue weighted by molar-refractivity contribution is 8.00. The molecule has 0 spiro atoms. The number of ether oxygens (including phenoxy) is 2. The Morgan fingerprint density at radius 1 is 0.844 bits per heavy atom. The second-order valence-electron chi connectivity index (χ2n) is 7.12. The van der Waals surface area contributed by atoms with Gasteiger partial charge in [0.2, 0.25) is 5.91 Å². The smallest absolute Gasteiger partial charge is 0.323 e. The molecule has 3 amide bonds. The molecular weight excluding hydrogens is 426 g/mol. The van der Waals surface area contributed by atoms with Crippen LogP contribution in [-0.4, -0.2) is 30.9 Å². The third kappa shape index (κ3) is 5.73. The number of carbonyl (C=O) groups is 2. The van der Waals surface area contributed by atoms with Crippen molar-refractivity contribution in [2.45, 2.75) is 11.8 Å². The first-order chi connectivity index (χ1) is 15.6. The maximum Gasteiger partial charge on any atom is 0.323 e. The van der Waals surface area contributed by atoms with E-state index in [1.54, 1.807) is 24.3 Å². The minimum Gasteiger partial charge on any atom is -0.486 e. The number of fused-ring (bicyclic) bond motifs is 1. The van der Waals surface area contributed by atoms with Gasteiger partial charge in [0.05, 0.1) is 5.75 Å². The third-order valence-corrected chi connectivity index (χ3v) is 5.68. The van der Waals surface area contributed by atoms with E-state index in [0.29, 0.717) is 36.0 Å². The molecule has 4 rings (SSSR count). The molecule has 0 bridgehead atoms. The molecule has 3 aromatic carbocycles. The van der Waals surface area contributed by atoms with Gasteiger partial charge in [-0.05, 0) is 55.0 Å². The molecule has 8 heteroatoms. The summed E-state index contributed by atoms with van der Waals surface area (Å²) in [6.45, 7) is 2.97. The van der Waals surface area contributed by atoms with Crippen molar-refractivity contribution in [1.29, 1.82) is 0 Å².